The lowest BCUT2D eigenvalue weighted by molar-refractivity contribution is 0.413. The number of rotatable bonds is 3. The molecular formula is C13H12N4O2. The molecular weight excluding hydrogens is 244 g/mol. The van der Waals surface area contributed by atoms with Crippen molar-refractivity contribution in [2.45, 2.75) is 0 Å². The van der Waals surface area contributed by atoms with E-state index in [0.717, 1.165) is 5.69 Å². The molecule has 19 heavy (non-hydrogen) atoms. The number of hydrogen-bond acceptors (Lipinski definition) is 5. The van der Waals surface area contributed by atoms with Gasteiger partial charge in [-0.1, -0.05) is 5.16 Å². The van der Waals surface area contributed by atoms with Gasteiger partial charge < -0.3 is 20.0 Å². The van der Waals surface area contributed by atoms with Gasteiger partial charge in [0.05, 0.1) is 18.4 Å². The molecule has 0 saturated carbocycles. The van der Waals surface area contributed by atoms with Gasteiger partial charge in [0.25, 0.3) is 5.89 Å². The van der Waals surface area contributed by atoms with Crippen LogP contribution in [0.3, 0.4) is 0 Å². The Morgan fingerprint density at radius 1 is 1.32 bits per heavy atom. The molecule has 6 nitrogen and oxygen atoms in total. The van der Waals surface area contributed by atoms with Crippen molar-refractivity contribution in [3.63, 3.8) is 0 Å². The molecule has 0 atom stereocenters. The van der Waals surface area contributed by atoms with Crippen LogP contribution in [0.25, 0.3) is 23.0 Å². The molecule has 3 aromatic rings. The number of nitrogen functional groups attached to an aromatic ring is 1. The standard InChI is InChI=1S/C13H12N4O2/c1-18-8-4-5-10(14)9(7-8)13-16-12(17-19-13)11-3-2-6-15-11/h2-7,15H,14H2,1H3. The average Bonchev–Trinajstić information content (AvgIpc) is 3.10. The Labute approximate surface area is 109 Å². The maximum Gasteiger partial charge on any atom is 0.260 e. The number of nitrogens with one attached hydrogen (secondary N) is 1. The highest BCUT2D eigenvalue weighted by atomic mass is 16.5. The topological polar surface area (TPSA) is 90.0 Å². The third-order valence-corrected chi connectivity index (χ3v) is 2.76. The predicted octanol–water partition coefficient (Wildman–Crippen LogP) is 2.32. The summed E-state index contributed by atoms with van der Waals surface area (Å²) in [4.78, 5) is 7.33. The van der Waals surface area contributed by atoms with Crippen LogP contribution in [0, 0.1) is 0 Å². The van der Waals surface area contributed by atoms with Gasteiger partial charge in [0.2, 0.25) is 5.82 Å². The van der Waals surface area contributed by atoms with Crippen molar-refractivity contribution in [2.75, 3.05) is 12.8 Å². The van der Waals surface area contributed by atoms with Crippen LogP contribution in [0.5, 0.6) is 5.75 Å². The van der Waals surface area contributed by atoms with E-state index in [1.54, 1.807) is 31.5 Å². The second kappa shape index (κ2) is 4.49. The SMILES string of the molecule is COc1ccc(N)c(-c2nc(-c3ccc[nH]3)no2)c1. The summed E-state index contributed by atoms with van der Waals surface area (Å²) in [5, 5.41) is 3.92. The summed E-state index contributed by atoms with van der Waals surface area (Å²) in [5.41, 5.74) is 7.92. The molecule has 3 N–H and O–H groups in total. The number of methoxy groups -OCH3 is 1. The normalized spacial score (nSPS) is 10.6. The zero-order valence-corrected chi connectivity index (χ0v) is 10.3. The minimum Gasteiger partial charge on any atom is -0.497 e. The largest absolute Gasteiger partial charge is 0.497 e. The number of nitrogens with two attached hydrogens (primary N) is 1. The molecule has 0 aliphatic carbocycles. The first kappa shape index (κ1) is 11.3. The molecule has 0 aliphatic heterocycles. The monoisotopic (exact) mass is 256 g/mol. The molecule has 0 fully saturated rings. The molecule has 0 spiro atoms. The lowest BCUT2D eigenvalue weighted by atomic mass is 10.1. The third kappa shape index (κ3) is 2.03. The Kier molecular flexibility index (Phi) is 2.68. The van der Waals surface area contributed by atoms with Crippen LogP contribution in [-0.4, -0.2) is 22.2 Å². The van der Waals surface area contributed by atoms with Crippen molar-refractivity contribution in [2.24, 2.45) is 0 Å². The Hall–Kier alpha value is -2.76. The van der Waals surface area contributed by atoms with Crippen LogP contribution in [0.15, 0.2) is 41.1 Å². The molecule has 1 aromatic carbocycles. The number of aromatic nitrogens is 3. The van der Waals surface area contributed by atoms with Crippen LogP contribution < -0.4 is 10.5 Å². The highest BCUT2D eigenvalue weighted by molar-refractivity contribution is 5.72. The van der Waals surface area contributed by atoms with Gasteiger partial charge in [-0.3, -0.25) is 0 Å². The van der Waals surface area contributed by atoms with Gasteiger partial charge in [0.1, 0.15) is 5.75 Å². The Morgan fingerprint density at radius 2 is 2.21 bits per heavy atom. The van der Waals surface area contributed by atoms with Gasteiger partial charge in [0, 0.05) is 11.9 Å². The Bertz CT molecular complexity index is 688. The maximum absolute atomic E-state index is 5.91. The van der Waals surface area contributed by atoms with Crippen molar-refractivity contribution in [3.8, 4) is 28.7 Å². The van der Waals surface area contributed by atoms with E-state index in [9.17, 15) is 0 Å². The van der Waals surface area contributed by atoms with E-state index >= 15 is 0 Å². The molecule has 96 valence electrons. The van der Waals surface area contributed by atoms with Gasteiger partial charge in [-0.2, -0.15) is 4.98 Å². The van der Waals surface area contributed by atoms with Crippen LogP contribution in [-0.2, 0) is 0 Å². The fourth-order valence-electron chi connectivity index (χ4n) is 1.76. The molecule has 0 unspecified atom stereocenters. The van der Waals surface area contributed by atoms with E-state index in [0.29, 0.717) is 28.7 Å². The first-order chi connectivity index (χ1) is 9.28. The van der Waals surface area contributed by atoms with Gasteiger partial charge in [-0.25, -0.2) is 0 Å². The van der Waals surface area contributed by atoms with Gasteiger partial charge in [-0.15, -0.1) is 0 Å². The van der Waals surface area contributed by atoms with Gasteiger partial charge in [0.15, 0.2) is 0 Å². The van der Waals surface area contributed by atoms with Gasteiger partial charge in [-0.05, 0) is 30.3 Å². The molecule has 0 amide bonds. The number of H-pyrrole nitrogens is 1. The predicted molar refractivity (Wildman–Crippen MR) is 70.5 cm³/mol. The smallest absolute Gasteiger partial charge is 0.260 e. The molecule has 0 saturated heterocycles. The zero-order valence-electron chi connectivity index (χ0n) is 10.3. The fourth-order valence-corrected chi connectivity index (χ4v) is 1.76. The van der Waals surface area contributed by atoms with Crippen LogP contribution in [0.4, 0.5) is 5.69 Å². The molecule has 6 heteroatoms. The first-order valence-corrected chi connectivity index (χ1v) is 5.69. The summed E-state index contributed by atoms with van der Waals surface area (Å²) in [6.45, 7) is 0. The highest BCUT2D eigenvalue weighted by Crippen LogP contribution is 2.29. The summed E-state index contributed by atoms with van der Waals surface area (Å²) < 4.78 is 10.4. The van der Waals surface area contributed by atoms with Crippen molar-refractivity contribution in [1.82, 2.24) is 15.1 Å². The van der Waals surface area contributed by atoms with Gasteiger partial charge >= 0.3 is 0 Å². The van der Waals surface area contributed by atoms with E-state index in [2.05, 4.69) is 15.1 Å². The lowest BCUT2D eigenvalue weighted by Crippen LogP contribution is -1.92. The van der Waals surface area contributed by atoms with E-state index in [4.69, 9.17) is 15.0 Å². The third-order valence-electron chi connectivity index (χ3n) is 2.76. The van der Waals surface area contributed by atoms with Crippen LogP contribution >= 0.6 is 0 Å². The number of benzene rings is 1. The molecule has 2 heterocycles. The summed E-state index contributed by atoms with van der Waals surface area (Å²) in [6, 6.07) is 9.02. The number of anilines is 1. The number of ether oxygens (including phenoxy) is 1. The van der Waals surface area contributed by atoms with Crippen molar-refractivity contribution in [3.05, 3.63) is 36.5 Å². The van der Waals surface area contributed by atoms with E-state index in [1.165, 1.54) is 0 Å². The number of nitrogens with zero attached hydrogens (tertiary/aromatic N) is 2. The molecule has 0 bridgehead atoms. The minimum atomic E-state index is 0.362. The second-order valence-corrected chi connectivity index (χ2v) is 3.96. The molecule has 2 aromatic heterocycles. The minimum absolute atomic E-state index is 0.362. The molecule has 3 rings (SSSR count). The summed E-state index contributed by atoms with van der Waals surface area (Å²) in [5.74, 6) is 1.53. The zero-order chi connectivity index (χ0) is 13.2. The summed E-state index contributed by atoms with van der Waals surface area (Å²) in [6.07, 6.45) is 1.80. The van der Waals surface area contributed by atoms with Crippen LogP contribution in [0.1, 0.15) is 0 Å². The fraction of sp³-hybridized carbons (Fsp3) is 0.0769. The molecule has 0 radical (unpaired) electrons. The van der Waals surface area contributed by atoms with E-state index in [1.807, 2.05) is 12.1 Å². The van der Waals surface area contributed by atoms with E-state index in [-0.39, 0.29) is 0 Å². The van der Waals surface area contributed by atoms with Crippen LogP contribution in [0.2, 0.25) is 0 Å². The quantitative estimate of drug-likeness (QED) is 0.702. The average molecular weight is 256 g/mol. The maximum atomic E-state index is 5.91. The summed E-state index contributed by atoms with van der Waals surface area (Å²) in [7, 11) is 1.59. The Balaban J connectivity index is 2.03. The second-order valence-electron chi connectivity index (χ2n) is 3.96. The van der Waals surface area contributed by atoms with Crippen molar-refractivity contribution >= 4 is 5.69 Å². The number of aromatic amines is 1. The number of hydrogen-bond donors (Lipinski definition) is 2. The van der Waals surface area contributed by atoms with E-state index < -0.39 is 0 Å². The lowest BCUT2D eigenvalue weighted by Gasteiger charge is -2.03. The first-order valence-electron chi connectivity index (χ1n) is 5.69. The highest BCUT2D eigenvalue weighted by Gasteiger charge is 2.14. The summed E-state index contributed by atoms with van der Waals surface area (Å²) >= 11 is 0. The van der Waals surface area contributed by atoms with Crippen molar-refractivity contribution in [1.29, 1.82) is 0 Å². The van der Waals surface area contributed by atoms with Crippen molar-refractivity contribution < 1.29 is 9.26 Å². The molecule has 0 aliphatic rings. The Morgan fingerprint density at radius 3 is 2.95 bits per heavy atom.